The first kappa shape index (κ1) is 19.9. The van der Waals surface area contributed by atoms with E-state index >= 15 is 0 Å². The van der Waals surface area contributed by atoms with Crippen molar-refractivity contribution in [3.05, 3.63) is 64.0 Å². The topological polar surface area (TPSA) is 101 Å². The van der Waals surface area contributed by atoms with Crippen molar-refractivity contribution in [1.29, 1.82) is 0 Å². The third-order valence-electron chi connectivity index (χ3n) is 4.07. The maximum absolute atomic E-state index is 12.8. The molecule has 0 N–H and O–H groups in total. The van der Waals surface area contributed by atoms with Gasteiger partial charge in [0, 0.05) is 6.07 Å². The molecule has 8 nitrogen and oxygen atoms in total. The Morgan fingerprint density at radius 3 is 2.31 bits per heavy atom. The first-order valence-corrected chi connectivity index (χ1v) is 8.56. The lowest BCUT2D eigenvalue weighted by Gasteiger charge is -2.10. The average molecular weight is 398 g/mol. The Bertz CT molecular complexity index is 1110. The number of hydrogen-bond acceptors (Lipinski definition) is 8. The van der Waals surface area contributed by atoms with E-state index in [-0.39, 0.29) is 23.5 Å². The molecule has 0 spiro atoms. The van der Waals surface area contributed by atoms with Gasteiger partial charge in [0.2, 0.25) is 11.2 Å². The van der Waals surface area contributed by atoms with Crippen molar-refractivity contribution in [2.75, 3.05) is 20.8 Å². The van der Waals surface area contributed by atoms with Gasteiger partial charge in [-0.25, -0.2) is 9.59 Å². The Labute approximate surface area is 165 Å². The molecule has 150 valence electrons. The molecule has 0 aliphatic heterocycles. The Balaban J connectivity index is 1.88. The lowest BCUT2D eigenvalue weighted by molar-refractivity contribution is -0.142. The average Bonchev–Trinajstić information content (AvgIpc) is 2.74. The van der Waals surface area contributed by atoms with Crippen molar-refractivity contribution < 1.29 is 33.0 Å². The van der Waals surface area contributed by atoms with Gasteiger partial charge >= 0.3 is 11.9 Å². The zero-order valence-corrected chi connectivity index (χ0v) is 16.0. The van der Waals surface area contributed by atoms with Crippen molar-refractivity contribution in [3.8, 4) is 17.2 Å². The van der Waals surface area contributed by atoms with Gasteiger partial charge in [-0.05, 0) is 43.3 Å². The number of hydrogen-bond donors (Lipinski definition) is 0. The van der Waals surface area contributed by atoms with Crippen molar-refractivity contribution >= 4 is 22.9 Å². The van der Waals surface area contributed by atoms with Gasteiger partial charge in [-0.3, -0.25) is 4.79 Å². The van der Waals surface area contributed by atoms with Gasteiger partial charge in [0.05, 0.1) is 25.2 Å². The minimum Gasteiger partial charge on any atom is -0.482 e. The van der Waals surface area contributed by atoms with Crippen LogP contribution in [0.15, 0.2) is 51.7 Å². The Kier molecular flexibility index (Phi) is 5.82. The summed E-state index contributed by atoms with van der Waals surface area (Å²) in [5, 5.41) is 0.294. The second-order valence-corrected chi connectivity index (χ2v) is 5.96. The van der Waals surface area contributed by atoms with Crippen LogP contribution in [-0.4, -0.2) is 32.8 Å². The standard InChI is InChI=1S/C21H18O8/c1-12-20(29-14-6-4-13(5-7-14)21(24)26-3)19(23)16-9-8-15(10-17(16)28-12)27-11-18(22)25-2/h4-10H,11H2,1-3H3. The summed E-state index contributed by atoms with van der Waals surface area (Å²) >= 11 is 0. The van der Waals surface area contributed by atoms with Crippen LogP contribution in [0, 0.1) is 6.92 Å². The Hall–Kier alpha value is -3.81. The fourth-order valence-electron chi connectivity index (χ4n) is 2.57. The predicted molar refractivity (Wildman–Crippen MR) is 103 cm³/mol. The third-order valence-corrected chi connectivity index (χ3v) is 4.07. The Morgan fingerprint density at radius 2 is 1.66 bits per heavy atom. The zero-order valence-electron chi connectivity index (χ0n) is 16.0. The molecule has 3 aromatic rings. The van der Waals surface area contributed by atoms with Crippen molar-refractivity contribution in [2.24, 2.45) is 0 Å². The molecule has 0 saturated carbocycles. The summed E-state index contributed by atoms with van der Waals surface area (Å²) in [6, 6.07) is 10.8. The van der Waals surface area contributed by atoms with E-state index in [4.69, 9.17) is 13.9 Å². The molecule has 1 heterocycles. The molecule has 0 atom stereocenters. The van der Waals surface area contributed by atoms with Crippen LogP contribution in [0.2, 0.25) is 0 Å². The van der Waals surface area contributed by atoms with E-state index in [9.17, 15) is 14.4 Å². The van der Waals surface area contributed by atoms with Gasteiger partial charge in [-0.15, -0.1) is 0 Å². The molecule has 0 amide bonds. The number of fused-ring (bicyclic) bond motifs is 1. The highest BCUT2D eigenvalue weighted by molar-refractivity contribution is 5.89. The molecule has 0 aliphatic carbocycles. The second kappa shape index (κ2) is 8.47. The largest absolute Gasteiger partial charge is 0.482 e. The molecule has 1 aromatic heterocycles. The van der Waals surface area contributed by atoms with Crippen LogP contribution in [0.1, 0.15) is 16.1 Å². The highest BCUT2D eigenvalue weighted by Gasteiger charge is 2.15. The molecule has 0 fully saturated rings. The monoisotopic (exact) mass is 398 g/mol. The van der Waals surface area contributed by atoms with Crippen LogP contribution in [-0.2, 0) is 14.3 Å². The molecular weight excluding hydrogens is 380 g/mol. The molecule has 0 bridgehead atoms. The molecule has 8 heteroatoms. The Morgan fingerprint density at radius 1 is 0.966 bits per heavy atom. The third kappa shape index (κ3) is 4.37. The van der Waals surface area contributed by atoms with Crippen molar-refractivity contribution in [2.45, 2.75) is 6.92 Å². The van der Waals surface area contributed by atoms with Gasteiger partial charge in [0.25, 0.3) is 0 Å². The first-order chi connectivity index (χ1) is 13.9. The summed E-state index contributed by atoms with van der Waals surface area (Å²) < 4.78 is 25.9. The second-order valence-electron chi connectivity index (χ2n) is 5.96. The van der Waals surface area contributed by atoms with Crippen LogP contribution >= 0.6 is 0 Å². The van der Waals surface area contributed by atoms with Gasteiger partial charge < -0.3 is 23.4 Å². The normalized spacial score (nSPS) is 10.4. The van der Waals surface area contributed by atoms with E-state index in [1.54, 1.807) is 25.1 Å². The summed E-state index contributed by atoms with van der Waals surface area (Å²) in [6.07, 6.45) is 0. The van der Waals surface area contributed by atoms with Crippen LogP contribution in [0.3, 0.4) is 0 Å². The van der Waals surface area contributed by atoms with Crippen LogP contribution < -0.4 is 14.9 Å². The van der Waals surface area contributed by atoms with Gasteiger partial charge in [0.15, 0.2) is 6.61 Å². The van der Waals surface area contributed by atoms with Gasteiger partial charge in [-0.1, -0.05) is 0 Å². The minimum absolute atomic E-state index is 0.0338. The molecule has 29 heavy (non-hydrogen) atoms. The molecule has 0 radical (unpaired) electrons. The number of esters is 2. The van der Waals surface area contributed by atoms with Crippen molar-refractivity contribution in [3.63, 3.8) is 0 Å². The fourth-order valence-corrected chi connectivity index (χ4v) is 2.57. The smallest absolute Gasteiger partial charge is 0.343 e. The highest BCUT2D eigenvalue weighted by atomic mass is 16.6. The van der Waals surface area contributed by atoms with Gasteiger partial charge in [0.1, 0.15) is 22.8 Å². The summed E-state index contributed by atoms with van der Waals surface area (Å²) in [6.45, 7) is 1.34. The number of methoxy groups -OCH3 is 2. The van der Waals surface area contributed by atoms with E-state index < -0.39 is 11.9 Å². The zero-order chi connectivity index (χ0) is 21.0. The summed E-state index contributed by atoms with van der Waals surface area (Å²) in [5.41, 5.74) is 0.296. The fraction of sp³-hybridized carbons (Fsp3) is 0.190. The summed E-state index contributed by atoms with van der Waals surface area (Å²) in [7, 11) is 2.56. The number of rotatable bonds is 6. The van der Waals surface area contributed by atoms with E-state index in [0.29, 0.717) is 28.0 Å². The molecule has 0 unspecified atom stereocenters. The number of ether oxygens (including phenoxy) is 4. The molecule has 2 aromatic carbocycles. The highest BCUT2D eigenvalue weighted by Crippen LogP contribution is 2.27. The SMILES string of the molecule is COC(=O)COc1ccc2c(=O)c(Oc3ccc(C(=O)OC)cc3)c(C)oc2c1. The molecular formula is C21H18O8. The van der Waals surface area contributed by atoms with Crippen LogP contribution in [0.25, 0.3) is 11.0 Å². The number of carbonyl (C=O) groups excluding carboxylic acids is 2. The number of aryl methyl sites for hydroxylation is 1. The van der Waals surface area contributed by atoms with E-state index in [0.717, 1.165) is 0 Å². The first-order valence-electron chi connectivity index (χ1n) is 8.56. The lowest BCUT2D eigenvalue weighted by Crippen LogP contribution is -2.12. The predicted octanol–water partition coefficient (Wildman–Crippen LogP) is 3.23. The minimum atomic E-state index is -0.523. The van der Waals surface area contributed by atoms with Crippen LogP contribution in [0.5, 0.6) is 17.2 Å². The van der Waals surface area contributed by atoms with Crippen molar-refractivity contribution in [1.82, 2.24) is 0 Å². The summed E-state index contributed by atoms with van der Waals surface area (Å²) in [4.78, 5) is 35.5. The van der Waals surface area contributed by atoms with Gasteiger partial charge in [-0.2, -0.15) is 0 Å². The molecule has 0 saturated heterocycles. The summed E-state index contributed by atoms with van der Waals surface area (Å²) in [5.74, 6) is 0.0343. The maximum atomic E-state index is 12.8. The van der Waals surface area contributed by atoms with E-state index in [1.165, 1.54) is 38.5 Å². The number of carbonyl (C=O) groups is 2. The number of benzene rings is 2. The van der Waals surface area contributed by atoms with Crippen LogP contribution in [0.4, 0.5) is 0 Å². The van der Waals surface area contributed by atoms with E-state index in [1.807, 2.05) is 0 Å². The van der Waals surface area contributed by atoms with E-state index in [2.05, 4.69) is 9.47 Å². The lowest BCUT2D eigenvalue weighted by atomic mass is 10.2. The molecule has 0 aliphatic rings. The maximum Gasteiger partial charge on any atom is 0.343 e. The quantitative estimate of drug-likeness (QED) is 0.583. The molecule has 3 rings (SSSR count).